The van der Waals surface area contributed by atoms with Crippen molar-refractivity contribution in [3.8, 4) is 5.75 Å². The Kier molecular flexibility index (Phi) is 5.22. The molecule has 2 heterocycles. The van der Waals surface area contributed by atoms with E-state index < -0.39 is 5.54 Å². The second kappa shape index (κ2) is 7.63. The van der Waals surface area contributed by atoms with Gasteiger partial charge in [0.1, 0.15) is 5.75 Å². The highest BCUT2D eigenvalue weighted by Gasteiger charge is 2.57. The lowest BCUT2D eigenvalue weighted by atomic mass is 9.76. The SMILES string of the molecule is CCCOc1ccccc1[C@@H]1N[C@@](CO)(c2ccccc2)[C@@H]2CN(C)C[C@@H]21. The van der Waals surface area contributed by atoms with Crippen molar-refractivity contribution in [3.63, 3.8) is 0 Å². The first-order valence-electron chi connectivity index (χ1n) is 10.0. The van der Waals surface area contributed by atoms with Gasteiger partial charge in [-0.25, -0.2) is 0 Å². The highest BCUT2D eigenvalue weighted by Crippen LogP contribution is 2.52. The van der Waals surface area contributed by atoms with Crippen LogP contribution in [-0.2, 0) is 5.54 Å². The van der Waals surface area contributed by atoms with Crippen LogP contribution in [0.4, 0.5) is 0 Å². The van der Waals surface area contributed by atoms with Crippen molar-refractivity contribution in [1.82, 2.24) is 10.2 Å². The Bertz CT molecular complexity index is 766. The molecule has 2 fully saturated rings. The fraction of sp³-hybridized carbons (Fsp3) is 0.478. The molecule has 0 aliphatic carbocycles. The smallest absolute Gasteiger partial charge is 0.124 e. The van der Waals surface area contributed by atoms with Crippen molar-refractivity contribution < 1.29 is 9.84 Å². The molecule has 2 aromatic carbocycles. The number of para-hydroxylation sites is 1. The average Bonchev–Trinajstić information content (AvgIpc) is 3.23. The van der Waals surface area contributed by atoms with Gasteiger partial charge in [-0.15, -0.1) is 0 Å². The molecular weight excluding hydrogens is 336 g/mol. The monoisotopic (exact) mass is 366 g/mol. The topological polar surface area (TPSA) is 44.7 Å². The summed E-state index contributed by atoms with van der Waals surface area (Å²) in [5.74, 6) is 1.76. The molecule has 4 atom stereocenters. The molecule has 2 N–H and O–H groups in total. The van der Waals surface area contributed by atoms with Crippen molar-refractivity contribution in [2.45, 2.75) is 24.9 Å². The minimum absolute atomic E-state index is 0.0977. The van der Waals surface area contributed by atoms with Gasteiger partial charge in [0, 0.05) is 30.6 Å². The predicted octanol–water partition coefficient (Wildman–Crippen LogP) is 3.19. The summed E-state index contributed by atoms with van der Waals surface area (Å²) >= 11 is 0. The van der Waals surface area contributed by atoms with E-state index in [0.29, 0.717) is 11.8 Å². The van der Waals surface area contributed by atoms with E-state index in [-0.39, 0.29) is 12.6 Å². The number of nitrogens with one attached hydrogen (secondary N) is 1. The van der Waals surface area contributed by atoms with Crippen LogP contribution in [0.2, 0.25) is 0 Å². The third-order valence-corrected chi connectivity index (χ3v) is 6.28. The fourth-order valence-corrected chi connectivity index (χ4v) is 5.06. The summed E-state index contributed by atoms with van der Waals surface area (Å²) in [6.45, 7) is 4.97. The maximum absolute atomic E-state index is 10.6. The van der Waals surface area contributed by atoms with Gasteiger partial charge in [-0.1, -0.05) is 55.5 Å². The van der Waals surface area contributed by atoms with Crippen LogP contribution in [0, 0.1) is 11.8 Å². The van der Waals surface area contributed by atoms with Crippen molar-refractivity contribution in [3.05, 3.63) is 65.7 Å². The van der Waals surface area contributed by atoms with E-state index in [2.05, 4.69) is 66.7 Å². The quantitative estimate of drug-likeness (QED) is 0.824. The van der Waals surface area contributed by atoms with Crippen molar-refractivity contribution >= 4 is 0 Å². The largest absolute Gasteiger partial charge is 0.493 e. The number of aliphatic hydroxyl groups excluding tert-OH is 1. The first kappa shape index (κ1) is 18.5. The lowest BCUT2D eigenvalue weighted by Gasteiger charge is -2.35. The van der Waals surface area contributed by atoms with Crippen LogP contribution < -0.4 is 10.1 Å². The number of hydrogen-bond acceptors (Lipinski definition) is 4. The molecule has 0 spiro atoms. The number of rotatable bonds is 6. The minimum Gasteiger partial charge on any atom is -0.493 e. The van der Waals surface area contributed by atoms with Crippen LogP contribution >= 0.6 is 0 Å². The standard InChI is InChI=1S/C23H30N2O2/c1-3-13-27-21-12-8-7-11-18(21)22-19-14-25(2)15-20(19)23(16-26,24-22)17-9-5-4-6-10-17/h4-12,19-20,22,24,26H,3,13-16H2,1-2H3/t19-,20+,22-,23-/m0/s1. The summed E-state index contributed by atoms with van der Waals surface area (Å²) < 4.78 is 6.07. The van der Waals surface area contributed by atoms with Crippen LogP contribution in [0.25, 0.3) is 0 Å². The molecule has 27 heavy (non-hydrogen) atoms. The van der Waals surface area contributed by atoms with Gasteiger partial charge in [-0.2, -0.15) is 0 Å². The summed E-state index contributed by atoms with van der Waals surface area (Å²) in [6.07, 6.45) is 0.992. The number of fused-ring (bicyclic) bond motifs is 1. The first-order valence-corrected chi connectivity index (χ1v) is 10.0. The molecule has 4 rings (SSSR count). The van der Waals surface area contributed by atoms with Gasteiger partial charge in [0.15, 0.2) is 0 Å². The Morgan fingerprint density at radius 3 is 2.59 bits per heavy atom. The molecule has 4 heteroatoms. The lowest BCUT2D eigenvalue weighted by molar-refractivity contribution is 0.129. The Morgan fingerprint density at radius 1 is 1.11 bits per heavy atom. The van der Waals surface area contributed by atoms with Crippen LogP contribution in [0.5, 0.6) is 5.75 Å². The number of aliphatic hydroxyl groups is 1. The zero-order chi connectivity index (χ0) is 18.9. The molecule has 0 radical (unpaired) electrons. The van der Waals surface area contributed by atoms with Crippen LogP contribution in [0.1, 0.15) is 30.5 Å². The third-order valence-electron chi connectivity index (χ3n) is 6.28. The summed E-state index contributed by atoms with van der Waals surface area (Å²) in [6, 6.07) is 19.0. The van der Waals surface area contributed by atoms with Gasteiger partial charge in [0.25, 0.3) is 0 Å². The van der Waals surface area contributed by atoms with Gasteiger partial charge in [0.05, 0.1) is 18.8 Å². The molecule has 2 saturated heterocycles. The maximum Gasteiger partial charge on any atom is 0.124 e. The fourth-order valence-electron chi connectivity index (χ4n) is 5.06. The maximum atomic E-state index is 10.6. The zero-order valence-corrected chi connectivity index (χ0v) is 16.3. The number of hydrogen-bond donors (Lipinski definition) is 2. The second-order valence-corrected chi connectivity index (χ2v) is 8.00. The summed E-state index contributed by atoms with van der Waals surface area (Å²) in [7, 11) is 2.18. The third kappa shape index (κ3) is 3.16. The minimum atomic E-state index is -0.417. The molecule has 2 aliphatic heterocycles. The zero-order valence-electron chi connectivity index (χ0n) is 16.3. The Balaban J connectivity index is 1.76. The molecule has 2 aromatic rings. The lowest BCUT2D eigenvalue weighted by Crippen LogP contribution is -2.47. The molecule has 4 nitrogen and oxygen atoms in total. The molecule has 0 amide bonds. The van der Waals surface area contributed by atoms with E-state index in [1.54, 1.807) is 0 Å². The summed E-state index contributed by atoms with van der Waals surface area (Å²) in [4.78, 5) is 2.39. The van der Waals surface area contributed by atoms with Gasteiger partial charge in [-0.05, 0) is 31.0 Å². The van der Waals surface area contributed by atoms with Gasteiger partial charge in [0.2, 0.25) is 0 Å². The number of benzene rings is 2. The number of ether oxygens (including phenoxy) is 1. The molecule has 0 saturated carbocycles. The molecule has 0 unspecified atom stereocenters. The van der Waals surface area contributed by atoms with Crippen molar-refractivity contribution in [1.29, 1.82) is 0 Å². The van der Waals surface area contributed by atoms with Crippen molar-refractivity contribution in [2.75, 3.05) is 33.4 Å². The predicted molar refractivity (Wildman–Crippen MR) is 108 cm³/mol. The van der Waals surface area contributed by atoms with Gasteiger partial charge < -0.3 is 14.7 Å². The Hall–Kier alpha value is -1.88. The highest BCUT2D eigenvalue weighted by molar-refractivity contribution is 5.40. The molecule has 144 valence electrons. The van der Waals surface area contributed by atoms with Crippen LogP contribution in [-0.4, -0.2) is 43.4 Å². The van der Waals surface area contributed by atoms with E-state index in [1.165, 1.54) is 11.1 Å². The van der Waals surface area contributed by atoms with Crippen molar-refractivity contribution in [2.24, 2.45) is 11.8 Å². The molecule has 0 bridgehead atoms. The Morgan fingerprint density at radius 2 is 1.85 bits per heavy atom. The summed E-state index contributed by atoms with van der Waals surface area (Å²) in [5, 5.41) is 14.4. The number of nitrogens with zero attached hydrogens (tertiary/aromatic N) is 1. The van der Waals surface area contributed by atoms with E-state index >= 15 is 0 Å². The molecule has 0 aromatic heterocycles. The normalized spacial score (nSPS) is 30.4. The number of likely N-dealkylation sites (tertiary alicyclic amines) is 1. The highest BCUT2D eigenvalue weighted by atomic mass is 16.5. The van der Waals surface area contributed by atoms with Crippen LogP contribution in [0.15, 0.2) is 54.6 Å². The second-order valence-electron chi connectivity index (χ2n) is 8.00. The van der Waals surface area contributed by atoms with Gasteiger partial charge in [-0.3, -0.25) is 5.32 Å². The van der Waals surface area contributed by atoms with E-state index in [4.69, 9.17) is 4.74 Å². The summed E-state index contributed by atoms with van der Waals surface area (Å²) in [5.41, 5.74) is 1.97. The van der Waals surface area contributed by atoms with E-state index in [0.717, 1.165) is 31.9 Å². The average molecular weight is 367 g/mol. The Labute approximate surface area is 162 Å². The van der Waals surface area contributed by atoms with E-state index in [9.17, 15) is 5.11 Å². The first-order chi connectivity index (χ1) is 13.2. The molecular formula is C23H30N2O2. The van der Waals surface area contributed by atoms with Gasteiger partial charge >= 0.3 is 0 Å². The van der Waals surface area contributed by atoms with Crippen LogP contribution in [0.3, 0.4) is 0 Å². The molecule has 2 aliphatic rings. The van der Waals surface area contributed by atoms with E-state index in [1.807, 2.05) is 12.1 Å².